The molecule has 2 aromatic heterocycles. The molecule has 5 unspecified atom stereocenters. The Labute approximate surface area is 360 Å². The fraction of sp³-hybridized carbons (Fsp3) is 0.158. The molecule has 7 aromatic rings. The first-order valence-corrected chi connectivity index (χ1v) is 21.9. The second-order valence-corrected chi connectivity index (χ2v) is 17.8. The molecule has 4 heterocycles. The van der Waals surface area contributed by atoms with Crippen LogP contribution in [0.2, 0.25) is 0 Å². The Morgan fingerprint density at radius 2 is 1.61 bits per heavy atom. The number of benzene rings is 5. The van der Waals surface area contributed by atoms with Gasteiger partial charge in [-0.25, -0.2) is 4.99 Å². The number of allylic oxidation sites excluding steroid dienone is 10. The molecule has 0 saturated carbocycles. The molecule has 0 saturated heterocycles. The zero-order valence-corrected chi connectivity index (χ0v) is 34.6. The van der Waals surface area contributed by atoms with Crippen LogP contribution in [0, 0.1) is 11.3 Å². The minimum Gasteiger partial charge on any atom is -0.481 e. The highest BCUT2D eigenvalue weighted by molar-refractivity contribution is 6.23. The Bertz CT molecular complexity index is 3310. The summed E-state index contributed by atoms with van der Waals surface area (Å²) < 4.78 is 15.9. The summed E-state index contributed by atoms with van der Waals surface area (Å²) in [6.07, 6.45) is 24.8. The van der Waals surface area contributed by atoms with Crippen LogP contribution in [0.3, 0.4) is 0 Å². The normalized spacial score (nSPS) is 23.8. The van der Waals surface area contributed by atoms with Crippen molar-refractivity contribution in [3.63, 3.8) is 0 Å². The predicted molar refractivity (Wildman–Crippen MR) is 252 cm³/mol. The van der Waals surface area contributed by atoms with Gasteiger partial charge in [-0.15, -0.1) is 0 Å². The summed E-state index contributed by atoms with van der Waals surface area (Å²) in [5.74, 6) is 2.17. The van der Waals surface area contributed by atoms with E-state index in [2.05, 4.69) is 182 Å². The average Bonchev–Trinajstić information content (AvgIpc) is 4.07. The van der Waals surface area contributed by atoms with E-state index in [1.807, 2.05) is 12.1 Å². The van der Waals surface area contributed by atoms with Gasteiger partial charge in [0.2, 0.25) is 0 Å². The number of hydrogen-bond acceptors (Lipinski definition) is 4. The van der Waals surface area contributed by atoms with E-state index in [1.54, 1.807) is 0 Å². The molecule has 0 N–H and O–H groups in total. The number of furan rings is 1. The number of para-hydroxylation sites is 1. The van der Waals surface area contributed by atoms with Gasteiger partial charge in [0.05, 0.1) is 11.4 Å². The van der Waals surface area contributed by atoms with Gasteiger partial charge in [-0.2, -0.15) is 0 Å². The maximum atomic E-state index is 6.68. The van der Waals surface area contributed by atoms with Gasteiger partial charge in [0.15, 0.2) is 11.9 Å². The lowest BCUT2D eigenvalue weighted by molar-refractivity contribution is 0.275. The van der Waals surface area contributed by atoms with E-state index in [0.29, 0.717) is 11.8 Å². The molecule has 0 amide bonds. The summed E-state index contributed by atoms with van der Waals surface area (Å²) >= 11 is 0. The van der Waals surface area contributed by atoms with E-state index >= 15 is 0 Å². The predicted octanol–water partition coefficient (Wildman–Crippen LogP) is 13.5. The van der Waals surface area contributed by atoms with Crippen LogP contribution in [0.4, 0.5) is 0 Å². The zero-order chi connectivity index (χ0) is 41.1. The van der Waals surface area contributed by atoms with Crippen molar-refractivity contribution in [2.24, 2.45) is 21.3 Å². The van der Waals surface area contributed by atoms with Crippen LogP contribution in [0.1, 0.15) is 71.4 Å². The molecule has 0 fully saturated rings. The summed E-state index contributed by atoms with van der Waals surface area (Å²) in [6, 6.07) is 40.3. The van der Waals surface area contributed by atoms with E-state index in [0.717, 1.165) is 74.2 Å². The van der Waals surface area contributed by atoms with Gasteiger partial charge >= 0.3 is 0 Å². The molecule has 298 valence electrons. The molecule has 0 spiro atoms. The van der Waals surface area contributed by atoms with E-state index in [4.69, 9.17) is 19.1 Å². The molecular weight excluding hydrogens is 759 g/mol. The van der Waals surface area contributed by atoms with E-state index in [1.165, 1.54) is 39.2 Å². The van der Waals surface area contributed by atoms with Gasteiger partial charge in [-0.05, 0) is 77.1 Å². The zero-order valence-electron chi connectivity index (χ0n) is 34.6. The minimum atomic E-state index is -0.335. The summed E-state index contributed by atoms with van der Waals surface area (Å²) in [5.41, 5.74) is 17.4. The first-order valence-electron chi connectivity index (χ1n) is 21.9. The number of amidine groups is 1. The number of nitrogens with zero attached hydrogens (tertiary/aromatic N) is 3. The molecule has 0 radical (unpaired) electrons. The van der Waals surface area contributed by atoms with Gasteiger partial charge in [-0.1, -0.05) is 159 Å². The van der Waals surface area contributed by atoms with Gasteiger partial charge in [0.25, 0.3) is 0 Å². The second kappa shape index (κ2) is 13.4. The second-order valence-electron chi connectivity index (χ2n) is 17.8. The monoisotopic (exact) mass is 801 g/mol. The van der Waals surface area contributed by atoms with Crippen LogP contribution in [0.5, 0.6) is 5.75 Å². The standard InChI is InChI=1S/C57H43N3O2/c1-34-46(57(2)28-11-4-12-29-57)33-44-43-30-38-16-7-8-17-39(38)31-47(43)60(54(34)44)40-26-27-49-45(32-40)51-42(19-13-21-50(51)61-49)56-58-52(55-53(59-56)41-18-9-10-20-48(41)62-55)37-24-22-36(23-25-37)35-14-5-3-6-15-35/h3-28,31-34,38,53,55H,29-30H2,1-2H3. The van der Waals surface area contributed by atoms with Gasteiger partial charge in [-0.3, -0.25) is 4.99 Å². The SMILES string of the molecule is CC1C(C2(C)C=CC=CC2)=Cc2c3c(n(-c4ccc5oc6cccc(C7=NC8c9ccccc9OC8C(c8ccc(-c9ccccc9)cc8)=N7)c6c5c4)c21)C=C1C=CC=CC1C3. The quantitative estimate of drug-likeness (QED) is 0.174. The first-order chi connectivity index (χ1) is 30.5. The molecule has 0 bridgehead atoms. The number of hydrogen-bond donors (Lipinski definition) is 0. The fourth-order valence-electron chi connectivity index (χ4n) is 11.1. The van der Waals surface area contributed by atoms with Crippen molar-refractivity contribution in [2.45, 2.75) is 44.8 Å². The Morgan fingerprint density at radius 3 is 2.48 bits per heavy atom. The highest BCUT2D eigenvalue weighted by Gasteiger charge is 2.42. The third-order valence-electron chi connectivity index (χ3n) is 14.2. The molecule has 6 aliphatic rings. The molecule has 62 heavy (non-hydrogen) atoms. The van der Waals surface area contributed by atoms with Crippen molar-refractivity contribution in [2.75, 3.05) is 0 Å². The Hall–Kier alpha value is -7.24. The van der Waals surface area contributed by atoms with Crippen molar-refractivity contribution in [1.82, 2.24) is 4.57 Å². The van der Waals surface area contributed by atoms with E-state index in [9.17, 15) is 0 Å². The van der Waals surface area contributed by atoms with Gasteiger partial charge < -0.3 is 13.7 Å². The Balaban J connectivity index is 0.977. The largest absolute Gasteiger partial charge is 0.481 e. The third-order valence-corrected chi connectivity index (χ3v) is 14.2. The van der Waals surface area contributed by atoms with Gasteiger partial charge in [0.1, 0.15) is 23.0 Å². The van der Waals surface area contributed by atoms with Crippen LogP contribution in [-0.2, 0) is 6.42 Å². The van der Waals surface area contributed by atoms with Crippen LogP contribution in [0.25, 0.3) is 50.9 Å². The molecule has 5 nitrogen and oxygen atoms in total. The Morgan fingerprint density at radius 1 is 0.774 bits per heavy atom. The molecule has 5 heteroatoms. The highest BCUT2D eigenvalue weighted by Crippen LogP contribution is 2.53. The summed E-state index contributed by atoms with van der Waals surface area (Å²) in [5, 5.41) is 2.07. The van der Waals surface area contributed by atoms with Gasteiger partial charge in [0, 0.05) is 56.1 Å². The third kappa shape index (κ3) is 5.27. The lowest BCUT2D eigenvalue weighted by Gasteiger charge is -2.32. The average molecular weight is 802 g/mol. The topological polar surface area (TPSA) is 52.0 Å². The van der Waals surface area contributed by atoms with Crippen molar-refractivity contribution >= 4 is 45.6 Å². The number of aliphatic imine (C=N–C) groups is 2. The summed E-state index contributed by atoms with van der Waals surface area (Å²) in [7, 11) is 0. The number of ether oxygens (including phenoxy) is 1. The maximum absolute atomic E-state index is 6.68. The summed E-state index contributed by atoms with van der Waals surface area (Å²) in [4.78, 5) is 10.9. The van der Waals surface area contributed by atoms with Crippen LogP contribution < -0.4 is 4.74 Å². The molecule has 5 aromatic carbocycles. The van der Waals surface area contributed by atoms with E-state index < -0.39 is 0 Å². The Kier molecular flexibility index (Phi) is 7.66. The van der Waals surface area contributed by atoms with E-state index in [-0.39, 0.29) is 23.5 Å². The van der Waals surface area contributed by atoms with Crippen LogP contribution in [-0.4, -0.2) is 22.2 Å². The lowest BCUT2D eigenvalue weighted by Crippen LogP contribution is -2.34. The first kappa shape index (κ1) is 35.5. The highest BCUT2D eigenvalue weighted by atomic mass is 16.5. The number of aromatic nitrogens is 1. The molecule has 2 aliphatic heterocycles. The molecule has 13 rings (SSSR count). The van der Waals surface area contributed by atoms with Crippen molar-refractivity contribution in [3.05, 3.63) is 214 Å². The van der Waals surface area contributed by atoms with Crippen LogP contribution >= 0.6 is 0 Å². The molecule has 4 aliphatic carbocycles. The lowest BCUT2D eigenvalue weighted by atomic mass is 9.73. The minimum absolute atomic E-state index is 0.0262. The number of fused-ring (bicyclic) bond motifs is 10. The molecular formula is C57H43N3O2. The molecule has 5 atom stereocenters. The number of rotatable bonds is 5. The summed E-state index contributed by atoms with van der Waals surface area (Å²) in [6.45, 7) is 4.81. The van der Waals surface area contributed by atoms with Crippen molar-refractivity contribution in [3.8, 4) is 22.6 Å². The maximum Gasteiger partial charge on any atom is 0.168 e. The van der Waals surface area contributed by atoms with Crippen molar-refractivity contribution in [1.29, 1.82) is 0 Å². The fourth-order valence-corrected chi connectivity index (χ4v) is 11.1. The van der Waals surface area contributed by atoms with Crippen molar-refractivity contribution < 1.29 is 9.15 Å². The smallest absolute Gasteiger partial charge is 0.168 e. The van der Waals surface area contributed by atoms with Crippen LogP contribution in [0.15, 0.2) is 189 Å².